The van der Waals surface area contributed by atoms with Gasteiger partial charge in [-0.05, 0) is 51.8 Å². The van der Waals surface area contributed by atoms with Gasteiger partial charge in [0.1, 0.15) is 11.0 Å². The molecule has 0 saturated carbocycles. The fraction of sp³-hybridized carbons (Fsp3) is 0. The minimum absolute atomic E-state index is 0.0304. The van der Waals surface area contributed by atoms with Gasteiger partial charge in [-0.3, -0.25) is 0 Å². The minimum atomic E-state index is -0.312. The van der Waals surface area contributed by atoms with Crippen LogP contribution in [0, 0.1) is 5.82 Å². The first-order valence-corrected chi connectivity index (χ1v) is 6.02. The Bertz CT molecular complexity index is 548. The van der Waals surface area contributed by atoms with Crippen LogP contribution in [-0.4, -0.2) is 9.97 Å². The van der Waals surface area contributed by atoms with E-state index in [1.807, 2.05) is 0 Å². The summed E-state index contributed by atoms with van der Waals surface area (Å²) in [5.74, 6) is 0.106. The maximum atomic E-state index is 12.7. The molecule has 7 heteroatoms. The fourth-order valence-corrected chi connectivity index (χ4v) is 1.81. The zero-order valence-corrected chi connectivity index (χ0v) is 11.3. The molecule has 0 aliphatic heterocycles. The van der Waals surface area contributed by atoms with E-state index in [1.165, 1.54) is 12.1 Å². The van der Waals surface area contributed by atoms with Gasteiger partial charge in [-0.25, -0.2) is 9.37 Å². The van der Waals surface area contributed by atoms with Gasteiger partial charge in [-0.1, -0.05) is 11.6 Å². The second-order valence-electron chi connectivity index (χ2n) is 3.08. The SMILES string of the molecule is Fc1ccc(Nc2nc(Cl)nc(Cl)c2Br)cc1. The lowest BCUT2D eigenvalue weighted by atomic mass is 10.3. The van der Waals surface area contributed by atoms with Crippen LogP contribution in [0.25, 0.3) is 0 Å². The highest BCUT2D eigenvalue weighted by Gasteiger charge is 2.09. The van der Waals surface area contributed by atoms with Crippen molar-refractivity contribution in [2.75, 3.05) is 5.32 Å². The van der Waals surface area contributed by atoms with Crippen molar-refractivity contribution in [3.05, 3.63) is 45.0 Å². The first-order valence-electron chi connectivity index (χ1n) is 4.47. The minimum Gasteiger partial charge on any atom is -0.339 e. The molecule has 1 N–H and O–H groups in total. The predicted octanol–water partition coefficient (Wildman–Crippen LogP) is 4.43. The Morgan fingerprint density at radius 2 is 1.76 bits per heavy atom. The summed E-state index contributed by atoms with van der Waals surface area (Å²) in [6.45, 7) is 0. The molecule has 88 valence electrons. The van der Waals surface area contributed by atoms with Crippen LogP contribution in [0.3, 0.4) is 0 Å². The van der Waals surface area contributed by atoms with E-state index in [0.717, 1.165) is 0 Å². The Morgan fingerprint density at radius 1 is 1.12 bits per heavy atom. The highest BCUT2D eigenvalue weighted by molar-refractivity contribution is 9.10. The summed E-state index contributed by atoms with van der Waals surface area (Å²) in [5, 5.41) is 3.18. The van der Waals surface area contributed by atoms with Gasteiger partial charge in [0.15, 0.2) is 5.82 Å². The van der Waals surface area contributed by atoms with Gasteiger partial charge in [0.25, 0.3) is 0 Å². The molecule has 1 aromatic heterocycles. The smallest absolute Gasteiger partial charge is 0.225 e. The van der Waals surface area contributed by atoms with Crippen molar-refractivity contribution >= 4 is 50.6 Å². The number of aromatic nitrogens is 2. The van der Waals surface area contributed by atoms with E-state index in [-0.39, 0.29) is 16.3 Å². The first-order chi connectivity index (χ1) is 8.06. The van der Waals surface area contributed by atoms with Crippen LogP contribution in [-0.2, 0) is 0 Å². The lowest BCUT2D eigenvalue weighted by molar-refractivity contribution is 0.628. The number of anilines is 2. The number of halogens is 4. The Labute approximate surface area is 115 Å². The lowest BCUT2D eigenvalue weighted by Gasteiger charge is -2.08. The van der Waals surface area contributed by atoms with Crippen molar-refractivity contribution in [3.63, 3.8) is 0 Å². The Morgan fingerprint density at radius 3 is 2.41 bits per heavy atom. The van der Waals surface area contributed by atoms with Crippen LogP contribution >= 0.6 is 39.1 Å². The number of nitrogens with one attached hydrogen (secondary N) is 1. The van der Waals surface area contributed by atoms with Gasteiger partial charge in [-0.2, -0.15) is 4.98 Å². The molecule has 0 spiro atoms. The molecular formula is C10H5BrCl2FN3. The molecule has 0 radical (unpaired) electrons. The molecule has 17 heavy (non-hydrogen) atoms. The van der Waals surface area contributed by atoms with Crippen LogP contribution in [0.2, 0.25) is 10.4 Å². The average molecular weight is 337 g/mol. The largest absolute Gasteiger partial charge is 0.339 e. The summed E-state index contributed by atoms with van der Waals surface area (Å²) in [5.41, 5.74) is 0.665. The molecule has 0 unspecified atom stereocenters. The molecule has 2 rings (SSSR count). The first kappa shape index (κ1) is 12.5. The molecule has 1 aromatic carbocycles. The van der Waals surface area contributed by atoms with Gasteiger partial charge >= 0.3 is 0 Å². The van der Waals surface area contributed by atoms with Crippen molar-refractivity contribution in [1.29, 1.82) is 0 Å². The molecule has 0 aliphatic carbocycles. The topological polar surface area (TPSA) is 37.8 Å². The number of nitrogens with zero attached hydrogens (tertiary/aromatic N) is 2. The molecule has 1 heterocycles. The zero-order valence-electron chi connectivity index (χ0n) is 8.22. The van der Waals surface area contributed by atoms with Gasteiger partial charge in [0.2, 0.25) is 5.28 Å². The summed E-state index contributed by atoms with van der Waals surface area (Å²) < 4.78 is 13.2. The van der Waals surface area contributed by atoms with Crippen molar-refractivity contribution in [3.8, 4) is 0 Å². The second-order valence-corrected chi connectivity index (χ2v) is 4.57. The van der Waals surface area contributed by atoms with Gasteiger partial charge in [-0.15, -0.1) is 0 Å². The van der Waals surface area contributed by atoms with Crippen molar-refractivity contribution in [2.24, 2.45) is 0 Å². The molecule has 0 fully saturated rings. The van der Waals surface area contributed by atoms with Crippen LogP contribution in [0.15, 0.2) is 28.7 Å². The van der Waals surface area contributed by atoms with E-state index in [0.29, 0.717) is 16.0 Å². The van der Waals surface area contributed by atoms with E-state index >= 15 is 0 Å². The molecule has 0 amide bonds. The normalized spacial score (nSPS) is 10.4. The van der Waals surface area contributed by atoms with E-state index < -0.39 is 0 Å². The summed E-state index contributed by atoms with van der Waals surface area (Å²) in [7, 11) is 0. The van der Waals surface area contributed by atoms with Crippen molar-refractivity contribution < 1.29 is 4.39 Å². The van der Waals surface area contributed by atoms with Crippen LogP contribution in [0.4, 0.5) is 15.9 Å². The van der Waals surface area contributed by atoms with Crippen LogP contribution < -0.4 is 5.32 Å². The standard InChI is InChI=1S/C10H5BrCl2FN3/c11-7-8(12)16-10(13)17-9(7)15-6-3-1-5(14)2-4-6/h1-4H,(H,15,16,17). The quantitative estimate of drug-likeness (QED) is 0.651. The molecule has 2 aromatic rings. The summed E-state index contributed by atoms with van der Waals surface area (Å²) in [6.07, 6.45) is 0. The number of benzene rings is 1. The molecule has 0 aliphatic rings. The van der Waals surface area contributed by atoms with E-state index in [4.69, 9.17) is 23.2 Å². The van der Waals surface area contributed by atoms with E-state index in [9.17, 15) is 4.39 Å². The zero-order chi connectivity index (χ0) is 12.4. The molecule has 0 saturated heterocycles. The Hall–Kier alpha value is -0.910. The van der Waals surface area contributed by atoms with Gasteiger partial charge in [0.05, 0.1) is 4.47 Å². The van der Waals surface area contributed by atoms with Crippen molar-refractivity contribution in [1.82, 2.24) is 9.97 Å². The summed E-state index contributed by atoms with van der Waals surface area (Å²) in [6, 6.07) is 5.82. The van der Waals surface area contributed by atoms with Gasteiger partial charge in [0, 0.05) is 5.69 Å². The van der Waals surface area contributed by atoms with Crippen LogP contribution in [0.1, 0.15) is 0 Å². The maximum Gasteiger partial charge on any atom is 0.225 e. The maximum absolute atomic E-state index is 12.7. The monoisotopic (exact) mass is 335 g/mol. The Balaban J connectivity index is 2.32. The number of rotatable bonds is 2. The van der Waals surface area contributed by atoms with Gasteiger partial charge < -0.3 is 5.32 Å². The summed E-state index contributed by atoms with van der Waals surface area (Å²) >= 11 is 14.7. The third kappa shape index (κ3) is 3.06. The van der Waals surface area contributed by atoms with Crippen molar-refractivity contribution in [2.45, 2.75) is 0 Å². The predicted molar refractivity (Wildman–Crippen MR) is 69.4 cm³/mol. The number of hydrogen-bond acceptors (Lipinski definition) is 3. The summed E-state index contributed by atoms with van der Waals surface area (Å²) in [4.78, 5) is 7.73. The molecule has 3 nitrogen and oxygen atoms in total. The second kappa shape index (κ2) is 5.16. The fourth-order valence-electron chi connectivity index (χ4n) is 1.15. The lowest BCUT2D eigenvalue weighted by Crippen LogP contribution is -1.97. The van der Waals surface area contributed by atoms with E-state index in [1.54, 1.807) is 12.1 Å². The molecular weight excluding hydrogens is 332 g/mol. The highest BCUT2D eigenvalue weighted by Crippen LogP contribution is 2.30. The highest BCUT2D eigenvalue weighted by atomic mass is 79.9. The van der Waals surface area contributed by atoms with Crippen LogP contribution in [0.5, 0.6) is 0 Å². The molecule has 0 atom stereocenters. The number of hydrogen-bond donors (Lipinski definition) is 1. The third-order valence-electron chi connectivity index (χ3n) is 1.89. The van der Waals surface area contributed by atoms with E-state index in [2.05, 4.69) is 31.2 Å². The third-order valence-corrected chi connectivity index (χ3v) is 3.31. The average Bonchev–Trinajstić information content (AvgIpc) is 2.28. The molecule has 0 bridgehead atoms. The Kier molecular flexibility index (Phi) is 3.81.